The summed E-state index contributed by atoms with van der Waals surface area (Å²) in [5.74, 6) is 1.96. The molecule has 0 aromatic heterocycles. The quantitative estimate of drug-likeness (QED) is 0.559. The molecule has 0 saturated heterocycles. The highest BCUT2D eigenvalue weighted by molar-refractivity contribution is 5.49. The number of hydrogen-bond donors (Lipinski definition) is 0. The van der Waals surface area contributed by atoms with Crippen molar-refractivity contribution in [3.8, 4) is 0 Å². The first-order valence-corrected chi connectivity index (χ1v) is 4.57. The molecular weight excluding hydrogens is 136 g/mol. The summed E-state index contributed by atoms with van der Waals surface area (Å²) in [6.45, 7) is 8.86. The molecule has 0 fully saturated rings. The van der Waals surface area contributed by atoms with E-state index in [9.17, 15) is 4.79 Å². The van der Waals surface area contributed by atoms with Gasteiger partial charge in [0, 0.05) is 6.42 Å². The predicted octanol–water partition coefficient (Wildman–Crippen LogP) is 2.89. The average molecular weight is 156 g/mol. The van der Waals surface area contributed by atoms with E-state index in [2.05, 4.69) is 27.7 Å². The van der Waals surface area contributed by atoms with Crippen LogP contribution >= 0.6 is 0 Å². The normalized spacial score (nSPS) is 18.9. The standard InChI is InChI=1S/C10H20O/c1-5-8(2)10(4)9(3)6-7-11/h7-10H,5-6H2,1-4H3. The third kappa shape index (κ3) is 3.54. The van der Waals surface area contributed by atoms with Gasteiger partial charge in [-0.1, -0.05) is 34.1 Å². The van der Waals surface area contributed by atoms with Gasteiger partial charge >= 0.3 is 0 Å². The highest BCUT2D eigenvalue weighted by Gasteiger charge is 2.16. The van der Waals surface area contributed by atoms with Crippen molar-refractivity contribution in [2.24, 2.45) is 17.8 Å². The van der Waals surface area contributed by atoms with E-state index in [4.69, 9.17) is 0 Å². The van der Waals surface area contributed by atoms with Crippen LogP contribution in [0.1, 0.15) is 40.5 Å². The molecule has 3 unspecified atom stereocenters. The smallest absolute Gasteiger partial charge is 0.120 e. The summed E-state index contributed by atoms with van der Waals surface area (Å²) in [7, 11) is 0. The van der Waals surface area contributed by atoms with Crippen LogP contribution in [0.15, 0.2) is 0 Å². The Balaban J connectivity index is 3.79. The first-order chi connectivity index (χ1) is 5.13. The summed E-state index contributed by atoms with van der Waals surface area (Å²) in [5.41, 5.74) is 0. The predicted molar refractivity (Wildman–Crippen MR) is 48.5 cm³/mol. The minimum Gasteiger partial charge on any atom is -0.303 e. The number of carbonyl (C=O) groups is 1. The van der Waals surface area contributed by atoms with Crippen LogP contribution in [-0.2, 0) is 4.79 Å². The van der Waals surface area contributed by atoms with Gasteiger partial charge in [0.2, 0.25) is 0 Å². The van der Waals surface area contributed by atoms with Gasteiger partial charge in [-0.05, 0) is 17.8 Å². The Hall–Kier alpha value is -0.330. The van der Waals surface area contributed by atoms with E-state index in [1.807, 2.05) is 0 Å². The van der Waals surface area contributed by atoms with Crippen LogP contribution in [0.25, 0.3) is 0 Å². The van der Waals surface area contributed by atoms with Crippen LogP contribution in [0.3, 0.4) is 0 Å². The molecular formula is C10H20O. The molecule has 0 aromatic carbocycles. The van der Waals surface area contributed by atoms with Gasteiger partial charge in [0.25, 0.3) is 0 Å². The minimum atomic E-state index is 0.544. The van der Waals surface area contributed by atoms with E-state index in [1.165, 1.54) is 6.42 Å². The van der Waals surface area contributed by atoms with E-state index in [1.54, 1.807) is 0 Å². The number of carbonyl (C=O) groups excluding carboxylic acids is 1. The van der Waals surface area contributed by atoms with Gasteiger partial charge < -0.3 is 4.79 Å². The molecule has 0 aliphatic rings. The fourth-order valence-electron chi connectivity index (χ4n) is 1.30. The summed E-state index contributed by atoms with van der Waals surface area (Å²) in [5, 5.41) is 0. The summed E-state index contributed by atoms with van der Waals surface area (Å²) in [4.78, 5) is 10.2. The third-order valence-electron chi connectivity index (χ3n) is 2.91. The molecule has 0 spiro atoms. The molecule has 0 bridgehead atoms. The van der Waals surface area contributed by atoms with Gasteiger partial charge in [-0.2, -0.15) is 0 Å². The van der Waals surface area contributed by atoms with Crippen molar-refractivity contribution in [2.45, 2.75) is 40.5 Å². The number of hydrogen-bond acceptors (Lipinski definition) is 1. The number of rotatable bonds is 5. The Morgan fingerprint density at radius 1 is 1.18 bits per heavy atom. The lowest BCUT2D eigenvalue weighted by molar-refractivity contribution is -0.108. The highest BCUT2D eigenvalue weighted by atomic mass is 16.1. The van der Waals surface area contributed by atoms with Crippen LogP contribution in [0.4, 0.5) is 0 Å². The van der Waals surface area contributed by atoms with Crippen molar-refractivity contribution in [1.29, 1.82) is 0 Å². The molecule has 0 saturated carbocycles. The Bertz CT molecular complexity index is 109. The molecule has 0 amide bonds. The summed E-state index contributed by atoms with van der Waals surface area (Å²) in [6.07, 6.45) is 2.96. The Kier molecular flexibility index (Phi) is 5.18. The Morgan fingerprint density at radius 2 is 1.73 bits per heavy atom. The van der Waals surface area contributed by atoms with Crippen LogP contribution in [-0.4, -0.2) is 6.29 Å². The van der Waals surface area contributed by atoms with E-state index < -0.39 is 0 Å². The molecule has 0 N–H and O–H groups in total. The lowest BCUT2D eigenvalue weighted by Crippen LogP contribution is -2.16. The third-order valence-corrected chi connectivity index (χ3v) is 2.91. The van der Waals surface area contributed by atoms with E-state index >= 15 is 0 Å². The van der Waals surface area contributed by atoms with Crippen molar-refractivity contribution < 1.29 is 4.79 Å². The van der Waals surface area contributed by atoms with E-state index in [0.717, 1.165) is 12.2 Å². The maximum Gasteiger partial charge on any atom is 0.120 e. The molecule has 0 radical (unpaired) electrons. The second-order valence-electron chi connectivity index (χ2n) is 3.62. The number of aldehydes is 1. The van der Waals surface area contributed by atoms with Crippen LogP contribution in [0, 0.1) is 17.8 Å². The molecule has 1 nitrogen and oxygen atoms in total. The van der Waals surface area contributed by atoms with Crippen molar-refractivity contribution in [1.82, 2.24) is 0 Å². The fourth-order valence-corrected chi connectivity index (χ4v) is 1.30. The molecule has 1 heteroatoms. The molecule has 0 aliphatic heterocycles. The minimum absolute atomic E-state index is 0.544. The molecule has 3 atom stereocenters. The van der Waals surface area contributed by atoms with Crippen molar-refractivity contribution in [3.63, 3.8) is 0 Å². The summed E-state index contributed by atoms with van der Waals surface area (Å²) < 4.78 is 0. The second-order valence-corrected chi connectivity index (χ2v) is 3.62. The monoisotopic (exact) mass is 156 g/mol. The van der Waals surface area contributed by atoms with Gasteiger partial charge in [-0.3, -0.25) is 0 Å². The second kappa shape index (κ2) is 5.34. The zero-order valence-corrected chi connectivity index (χ0v) is 8.13. The van der Waals surface area contributed by atoms with E-state index in [-0.39, 0.29) is 0 Å². The van der Waals surface area contributed by atoms with Gasteiger partial charge in [-0.25, -0.2) is 0 Å². The van der Waals surface area contributed by atoms with Crippen LogP contribution in [0.2, 0.25) is 0 Å². The maximum atomic E-state index is 10.2. The Morgan fingerprint density at radius 3 is 2.09 bits per heavy atom. The lowest BCUT2D eigenvalue weighted by Gasteiger charge is -2.23. The molecule has 0 heterocycles. The first kappa shape index (κ1) is 10.7. The zero-order valence-electron chi connectivity index (χ0n) is 8.13. The van der Waals surface area contributed by atoms with Crippen molar-refractivity contribution >= 4 is 6.29 Å². The average Bonchev–Trinajstić information content (AvgIpc) is 2.02. The molecule has 0 aromatic rings. The summed E-state index contributed by atoms with van der Waals surface area (Å²) >= 11 is 0. The zero-order chi connectivity index (χ0) is 8.85. The van der Waals surface area contributed by atoms with Crippen LogP contribution in [0.5, 0.6) is 0 Å². The topological polar surface area (TPSA) is 17.1 Å². The van der Waals surface area contributed by atoms with Gasteiger partial charge in [-0.15, -0.1) is 0 Å². The lowest BCUT2D eigenvalue weighted by atomic mass is 9.82. The highest BCUT2D eigenvalue weighted by Crippen LogP contribution is 2.24. The van der Waals surface area contributed by atoms with Crippen molar-refractivity contribution in [2.75, 3.05) is 0 Å². The molecule has 11 heavy (non-hydrogen) atoms. The molecule has 0 aliphatic carbocycles. The summed E-state index contributed by atoms with van der Waals surface area (Å²) in [6, 6.07) is 0. The first-order valence-electron chi connectivity index (χ1n) is 4.57. The Labute approximate surface area is 70.2 Å². The van der Waals surface area contributed by atoms with E-state index in [0.29, 0.717) is 18.3 Å². The van der Waals surface area contributed by atoms with Crippen molar-refractivity contribution in [3.05, 3.63) is 0 Å². The van der Waals surface area contributed by atoms with Gasteiger partial charge in [0.05, 0.1) is 0 Å². The largest absolute Gasteiger partial charge is 0.303 e. The fraction of sp³-hybridized carbons (Fsp3) is 0.900. The van der Waals surface area contributed by atoms with Gasteiger partial charge in [0.15, 0.2) is 0 Å². The molecule has 66 valence electrons. The van der Waals surface area contributed by atoms with Gasteiger partial charge in [0.1, 0.15) is 6.29 Å². The molecule has 0 rings (SSSR count). The maximum absolute atomic E-state index is 10.2. The SMILES string of the molecule is CCC(C)C(C)C(C)CC=O. The van der Waals surface area contributed by atoms with Crippen LogP contribution < -0.4 is 0 Å².